The van der Waals surface area contributed by atoms with Crippen molar-refractivity contribution in [2.45, 2.75) is 0 Å². The van der Waals surface area contributed by atoms with Crippen LogP contribution >= 0.6 is 11.6 Å². The topological polar surface area (TPSA) is 94.0 Å². The molecule has 2 heterocycles. The average Bonchev–Trinajstić information content (AvgIpc) is 2.98. The average molecular weight is 315 g/mol. The van der Waals surface area contributed by atoms with E-state index in [9.17, 15) is 4.79 Å². The van der Waals surface area contributed by atoms with Crippen molar-refractivity contribution < 1.29 is 9.21 Å². The molecule has 0 saturated heterocycles. The van der Waals surface area contributed by atoms with E-state index in [0.717, 1.165) is 0 Å². The first kappa shape index (κ1) is 14.1. The van der Waals surface area contributed by atoms with E-state index in [0.29, 0.717) is 28.0 Å². The van der Waals surface area contributed by atoms with Gasteiger partial charge in [0.05, 0.1) is 5.56 Å². The van der Waals surface area contributed by atoms with Gasteiger partial charge in [-0.3, -0.25) is 4.79 Å². The lowest BCUT2D eigenvalue weighted by molar-refractivity contribution is 0.102. The zero-order valence-corrected chi connectivity index (χ0v) is 12.0. The summed E-state index contributed by atoms with van der Waals surface area (Å²) in [5, 5.41) is 3.23. The van der Waals surface area contributed by atoms with E-state index in [4.69, 9.17) is 21.8 Å². The highest BCUT2D eigenvalue weighted by Crippen LogP contribution is 2.20. The molecule has 110 valence electrons. The van der Waals surface area contributed by atoms with Crippen molar-refractivity contribution >= 4 is 29.0 Å². The van der Waals surface area contributed by atoms with Gasteiger partial charge in [-0.2, -0.15) is 0 Å². The number of anilines is 2. The summed E-state index contributed by atoms with van der Waals surface area (Å²) in [6, 6.07) is 10.2. The Morgan fingerprint density at radius 1 is 1.27 bits per heavy atom. The first-order valence-electron chi connectivity index (χ1n) is 6.36. The van der Waals surface area contributed by atoms with Crippen LogP contribution in [0.1, 0.15) is 10.5 Å². The zero-order chi connectivity index (χ0) is 15.5. The van der Waals surface area contributed by atoms with Gasteiger partial charge in [0, 0.05) is 16.9 Å². The Bertz CT molecular complexity index is 814. The Hall–Kier alpha value is -2.86. The van der Waals surface area contributed by atoms with Crippen LogP contribution in [0.15, 0.2) is 53.3 Å². The minimum atomic E-state index is -0.388. The Labute approximate surface area is 130 Å². The van der Waals surface area contributed by atoms with Crippen molar-refractivity contribution in [3.05, 3.63) is 59.6 Å². The second-order valence-electron chi connectivity index (χ2n) is 4.47. The highest BCUT2D eigenvalue weighted by molar-refractivity contribution is 6.30. The SMILES string of the molecule is Nc1ccc(-c2nc(C(=O)Nc3cccc(Cl)c3)co2)cn1. The van der Waals surface area contributed by atoms with Crippen LogP contribution in [0.4, 0.5) is 11.5 Å². The van der Waals surface area contributed by atoms with E-state index >= 15 is 0 Å². The smallest absolute Gasteiger partial charge is 0.277 e. The Kier molecular flexibility index (Phi) is 3.76. The molecule has 0 unspecified atom stereocenters. The molecule has 0 fully saturated rings. The minimum absolute atomic E-state index is 0.159. The molecule has 1 aromatic carbocycles. The number of carbonyl (C=O) groups is 1. The molecule has 0 bridgehead atoms. The molecule has 0 aliphatic rings. The predicted molar refractivity (Wildman–Crippen MR) is 83.6 cm³/mol. The standard InChI is InChI=1S/C15H11ClN4O2/c16-10-2-1-3-11(6-10)19-14(21)12-8-22-15(20-12)9-4-5-13(17)18-7-9/h1-8H,(H2,17,18)(H,19,21). The summed E-state index contributed by atoms with van der Waals surface area (Å²) >= 11 is 5.87. The number of carbonyl (C=O) groups excluding carboxylic acids is 1. The molecule has 2 aromatic heterocycles. The Balaban J connectivity index is 1.78. The number of rotatable bonds is 3. The van der Waals surface area contributed by atoms with Crippen LogP contribution < -0.4 is 11.1 Å². The molecular formula is C15H11ClN4O2. The molecule has 3 aromatic rings. The number of aromatic nitrogens is 2. The fourth-order valence-corrected chi connectivity index (χ4v) is 1.99. The maximum atomic E-state index is 12.1. The first-order chi connectivity index (χ1) is 10.6. The van der Waals surface area contributed by atoms with Crippen LogP contribution in [-0.2, 0) is 0 Å². The minimum Gasteiger partial charge on any atom is -0.444 e. The number of nitrogens with two attached hydrogens (primary N) is 1. The van der Waals surface area contributed by atoms with Crippen LogP contribution in [0.2, 0.25) is 5.02 Å². The van der Waals surface area contributed by atoms with Crippen LogP contribution in [0.5, 0.6) is 0 Å². The van der Waals surface area contributed by atoms with Gasteiger partial charge in [0.25, 0.3) is 5.91 Å². The van der Waals surface area contributed by atoms with Gasteiger partial charge in [-0.05, 0) is 30.3 Å². The van der Waals surface area contributed by atoms with Crippen molar-refractivity contribution in [1.82, 2.24) is 9.97 Å². The van der Waals surface area contributed by atoms with Gasteiger partial charge in [0.1, 0.15) is 12.1 Å². The number of benzene rings is 1. The van der Waals surface area contributed by atoms with Crippen molar-refractivity contribution in [3.8, 4) is 11.5 Å². The van der Waals surface area contributed by atoms with Gasteiger partial charge in [0.2, 0.25) is 5.89 Å². The third-order valence-electron chi connectivity index (χ3n) is 2.85. The Morgan fingerprint density at radius 3 is 2.86 bits per heavy atom. The van der Waals surface area contributed by atoms with E-state index in [-0.39, 0.29) is 11.6 Å². The van der Waals surface area contributed by atoms with E-state index in [1.807, 2.05) is 0 Å². The number of hydrogen-bond acceptors (Lipinski definition) is 5. The van der Waals surface area contributed by atoms with E-state index in [2.05, 4.69) is 15.3 Å². The van der Waals surface area contributed by atoms with Gasteiger partial charge in [-0.25, -0.2) is 9.97 Å². The quantitative estimate of drug-likeness (QED) is 0.774. The predicted octanol–water partition coefficient (Wildman–Crippen LogP) is 3.22. The number of hydrogen-bond donors (Lipinski definition) is 2. The van der Waals surface area contributed by atoms with E-state index in [1.54, 1.807) is 36.4 Å². The molecule has 0 radical (unpaired) electrons. The summed E-state index contributed by atoms with van der Waals surface area (Å²) in [5.41, 5.74) is 6.89. The molecule has 0 spiro atoms. The normalized spacial score (nSPS) is 10.4. The van der Waals surface area contributed by atoms with Crippen LogP contribution in [0.3, 0.4) is 0 Å². The van der Waals surface area contributed by atoms with E-state index in [1.165, 1.54) is 12.5 Å². The van der Waals surface area contributed by atoms with Gasteiger partial charge in [-0.1, -0.05) is 17.7 Å². The van der Waals surface area contributed by atoms with Gasteiger partial charge in [-0.15, -0.1) is 0 Å². The fourth-order valence-electron chi connectivity index (χ4n) is 1.80. The van der Waals surface area contributed by atoms with Crippen molar-refractivity contribution in [1.29, 1.82) is 0 Å². The number of nitrogen functional groups attached to an aromatic ring is 1. The maximum absolute atomic E-state index is 12.1. The summed E-state index contributed by atoms with van der Waals surface area (Å²) in [4.78, 5) is 20.2. The second-order valence-corrected chi connectivity index (χ2v) is 4.91. The number of pyridine rings is 1. The molecule has 3 N–H and O–H groups in total. The summed E-state index contributed by atoms with van der Waals surface area (Å²) in [7, 11) is 0. The molecule has 6 nitrogen and oxygen atoms in total. The van der Waals surface area contributed by atoms with Gasteiger partial charge in [0.15, 0.2) is 5.69 Å². The molecule has 0 atom stereocenters. The largest absolute Gasteiger partial charge is 0.444 e. The number of nitrogens with zero attached hydrogens (tertiary/aromatic N) is 2. The lowest BCUT2D eigenvalue weighted by atomic mass is 10.3. The molecule has 0 aliphatic heterocycles. The van der Waals surface area contributed by atoms with Crippen LogP contribution in [-0.4, -0.2) is 15.9 Å². The number of nitrogens with one attached hydrogen (secondary N) is 1. The molecule has 0 saturated carbocycles. The monoisotopic (exact) mass is 314 g/mol. The van der Waals surface area contributed by atoms with Crippen LogP contribution in [0.25, 0.3) is 11.5 Å². The third-order valence-corrected chi connectivity index (χ3v) is 3.09. The lowest BCUT2D eigenvalue weighted by Crippen LogP contribution is -2.12. The maximum Gasteiger partial charge on any atom is 0.277 e. The number of oxazole rings is 1. The highest BCUT2D eigenvalue weighted by atomic mass is 35.5. The lowest BCUT2D eigenvalue weighted by Gasteiger charge is -2.02. The number of amides is 1. The van der Waals surface area contributed by atoms with Gasteiger partial charge < -0.3 is 15.5 Å². The molecule has 3 rings (SSSR count). The number of halogens is 1. The summed E-state index contributed by atoms with van der Waals surface area (Å²) < 4.78 is 5.29. The molecule has 1 amide bonds. The zero-order valence-electron chi connectivity index (χ0n) is 11.3. The highest BCUT2D eigenvalue weighted by Gasteiger charge is 2.14. The molecule has 7 heteroatoms. The Morgan fingerprint density at radius 2 is 2.14 bits per heavy atom. The fraction of sp³-hybridized carbons (Fsp3) is 0. The van der Waals surface area contributed by atoms with Gasteiger partial charge >= 0.3 is 0 Å². The summed E-state index contributed by atoms with van der Waals surface area (Å²) in [5.74, 6) is 0.304. The molecule has 0 aliphatic carbocycles. The summed E-state index contributed by atoms with van der Waals surface area (Å²) in [6.45, 7) is 0. The summed E-state index contributed by atoms with van der Waals surface area (Å²) in [6.07, 6.45) is 2.81. The molecule has 22 heavy (non-hydrogen) atoms. The second kappa shape index (κ2) is 5.87. The third kappa shape index (κ3) is 3.07. The first-order valence-corrected chi connectivity index (χ1v) is 6.74. The van der Waals surface area contributed by atoms with E-state index < -0.39 is 0 Å². The van der Waals surface area contributed by atoms with Crippen molar-refractivity contribution in [2.24, 2.45) is 0 Å². The van der Waals surface area contributed by atoms with Crippen molar-refractivity contribution in [2.75, 3.05) is 11.1 Å². The van der Waals surface area contributed by atoms with Crippen LogP contribution in [0, 0.1) is 0 Å². The molecular weight excluding hydrogens is 304 g/mol. The van der Waals surface area contributed by atoms with Crippen molar-refractivity contribution in [3.63, 3.8) is 0 Å².